The van der Waals surface area contributed by atoms with Crippen molar-refractivity contribution in [3.05, 3.63) is 29.3 Å². The lowest BCUT2D eigenvalue weighted by atomic mass is 9.92. The van der Waals surface area contributed by atoms with E-state index in [1.165, 1.54) is 0 Å². The minimum atomic E-state index is -0.117. The zero-order valence-corrected chi connectivity index (χ0v) is 13.5. The fraction of sp³-hybridized carbons (Fsp3) is 0.529. The van der Waals surface area contributed by atoms with Crippen molar-refractivity contribution in [1.29, 1.82) is 0 Å². The molecule has 5 heteroatoms. The summed E-state index contributed by atoms with van der Waals surface area (Å²) >= 11 is 0. The van der Waals surface area contributed by atoms with Gasteiger partial charge in [0.15, 0.2) is 0 Å². The average molecular weight is 303 g/mol. The molecule has 0 aliphatic carbocycles. The summed E-state index contributed by atoms with van der Waals surface area (Å²) in [6, 6.07) is 5.77. The van der Waals surface area contributed by atoms with Crippen LogP contribution in [0.4, 0.5) is 5.69 Å². The van der Waals surface area contributed by atoms with Crippen LogP contribution in [0, 0.1) is 12.8 Å². The van der Waals surface area contributed by atoms with Crippen molar-refractivity contribution in [2.75, 3.05) is 18.4 Å². The third-order valence-electron chi connectivity index (χ3n) is 4.09. The van der Waals surface area contributed by atoms with Crippen LogP contribution in [-0.4, -0.2) is 30.9 Å². The van der Waals surface area contributed by atoms with Crippen LogP contribution >= 0.6 is 0 Å². The molecule has 22 heavy (non-hydrogen) atoms. The van der Waals surface area contributed by atoms with Crippen LogP contribution in [-0.2, 0) is 4.79 Å². The van der Waals surface area contributed by atoms with Gasteiger partial charge in [-0.1, -0.05) is 6.07 Å². The normalized spacial score (nSPS) is 21.2. The van der Waals surface area contributed by atoms with Crippen LogP contribution in [0.3, 0.4) is 0 Å². The number of benzene rings is 1. The fourth-order valence-electron chi connectivity index (χ4n) is 2.77. The average Bonchev–Trinajstić information content (AvgIpc) is 2.49. The minimum absolute atomic E-state index is 0.0313. The number of carbonyl (C=O) groups excluding carboxylic acids is 2. The Bertz CT molecular complexity index is 557. The third-order valence-corrected chi connectivity index (χ3v) is 4.09. The van der Waals surface area contributed by atoms with Gasteiger partial charge in [0.05, 0.1) is 0 Å². The summed E-state index contributed by atoms with van der Waals surface area (Å²) in [6.45, 7) is 7.37. The molecule has 0 spiro atoms. The lowest BCUT2D eigenvalue weighted by Crippen LogP contribution is -2.40. The number of aryl methyl sites for hydroxylation is 1. The van der Waals surface area contributed by atoms with Crippen LogP contribution in [0.15, 0.2) is 18.2 Å². The van der Waals surface area contributed by atoms with Gasteiger partial charge in [-0.2, -0.15) is 0 Å². The molecule has 1 aromatic rings. The van der Waals surface area contributed by atoms with E-state index in [2.05, 4.69) is 22.9 Å². The summed E-state index contributed by atoms with van der Waals surface area (Å²) in [4.78, 5) is 24.3. The Morgan fingerprint density at radius 1 is 1.36 bits per heavy atom. The number of nitrogens with one attached hydrogen (secondary N) is 3. The first-order valence-electron chi connectivity index (χ1n) is 7.94. The van der Waals surface area contributed by atoms with Crippen molar-refractivity contribution in [3.63, 3.8) is 0 Å². The van der Waals surface area contributed by atoms with Gasteiger partial charge in [0.2, 0.25) is 5.91 Å². The van der Waals surface area contributed by atoms with Gasteiger partial charge in [0, 0.05) is 29.8 Å². The van der Waals surface area contributed by atoms with Gasteiger partial charge in [-0.3, -0.25) is 9.59 Å². The van der Waals surface area contributed by atoms with Crippen LogP contribution in [0.25, 0.3) is 0 Å². The molecular formula is C17H25N3O2. The highest BCUT2D eigenvalue weighted by atomic mass is 16.2. The molecule has 0 unspecified atom stereocenters. The first kappa shape index (κ1) is 16.5. The van der Waals surface area contributed by atoms with Crippen molar-refractivity contribution in [2.24, 2.45) is 5.92 Å². The summed E-state index contributed by atoms with van der Waals surface area (Å²) in [6.07, 6.45) is 1.70. The maximum atomic E-state index is 12.4. The molecule has 0 saturated carbocycles. The van der Waals surface area contributed by atoms with Gasteiger partial charge >= 0.3 is 0 Å². The molecule has 120 valence electrons. The molecule has 2 amide bonds. The van der Waals surface area contributed by atoms with Gasteiger partial charge in [-0.05, 0) is 57.9 Å². The molecule has 1 aromatic carbocycles. The summed E-state index contributed by atoms with van der Waals surface area (Å²) < 4.78 is 0. The number of anilines is 1. The Balaban J connectivity index is 2.09. The Hall–Kier alpha value is -1.88. The van der Waals surface area contributed by atoms with Crippen LogP contribution < -0.4 is 16.0 Å². The van der Waals surface area contributed by atoms with E-state index in [9.17, 15) is 9.59 Å². The minimum Gasteiger partial charge on any atom is -0.352 e. The molecule has 3 N–H and O–H groups in total. The number of amides is 2. The first-order chi connectivity index (χ1) is 10.5. The molecule has 0 aromatic heterocycles. The van der Waals surface area contributed by atoms with E-state index < -0.39 is 0 Å². The second-order valence-electron chi connectivity index (χ2n) is 5.95. The predicted octanol–water partition coefficient (Wildman–Crippen LogP) is 2.07. The fourth-order valence-corrected chi connectivity index (χ4v) is 2.77. The zero-order valence-electron chi connectivity index (χ0n) is 13.5. The highest BCUT2D eigenvalue weighted by Gasteiger charge is 2.25. The van der Waals surface area contributed by atoms with Crippen LogP contribution in [0.2, 0.25) is 0 Å². The van der Waals surface area contributed by atoms with Crippen molar-refractivity contribution >= 4 is 17.5 Å². The number of rotatable bonds is 4. The molecule has 1 fully saturated rings. The van der Waals surface area contributed by atoms with E-state index in [1.807, 2.05) is 19.9 Å². The van der Waals surface area contributed by atoms with E-state index in [4.69, 9.17) is 0 Å². The van der Waals surface area contributed by atoms with Gasteiger partial charge in [-0.25, -0.2) is 0 Å². The summed E-state index contributed by atoms with van der Waals surface area (Å²) in [5.41, 5.74) is 2.25. The lowest BCUT2D eigenvalue weighted by molar-refractivity contribution is -0.120. The van der Waals surface area contributed by atoms with Gasteiger partial charge in [0.1, 0.15) is 0 Å². The number of hydrogen-bond donors (Lipinski definition) is 3. The zero-order chi connectivity index (χ0) is 16.1. The molecule has 5 nitrogen and oxygen atoms in total. The molecule has 0 bridgehead atoms. The topological polar surface area (TPSA) is 70.2 Å². The SMILES string of the molecule is CCNC(=O)c1ccc(C)c(NC(=O)[C@H]2CCN[C@@H](C)C2)c1. The van der Waals surface area contributed by atoms with E-state index in [1.54, 1.807) is 12.1 Å². The maximum absolute atomic E-state index is 12.4. The number of carbonyl (C=O) groups is 2. The predicted molar refractivity (Wildman–Crippen MR) is 88.0 cm³/mol. The van der Waals surface area contributed by atoms with Gasteiger partial charge in [0.25, 0.3) is 5.91 Å². The quantitative estimate of drug-likeness (QED) is 0.797. The first-order valence-corrected chi connectivity index (χ1v) is 7.94. The Morgan fingerprint density at radius 2 is 2.14 bits per heavy atom. The molecule has 2 rings (SSSR count). The summed E-state index contributed by atoms with van der Waals surface area (Å²) in [7, 11) is 0. The van der Waals surface area contributed by atoms with Gasteiger partial charge < -0.3 is 16.0 Å². The number of hydrogen-bond acceptors (Lipinski definition) is 3. The smallest absolute Gasteiger partial charge is 0.251 e. The second-order valence-corrected chi connectivity index (χ2v) is 5.95. The second kappa shape index (κ2) is 7.40. The Kier molecular flexibility index (Phi) is 5.55. The third kappa shape index (κ3) is 4.07. The molecular weight excluding hydrogens is 278 g/mol. The molecule has 2 atom stereocenters. The molecule has 0 radical (unpaired) electrons. The van der Waals surface area contributed by atoms with Crippen molar-refractivity contribution < 1.29 is 9.59 Å². The Labute approximate surface area is 131 Å². The summed E-state index contributed by atoms with van der Waals surface area (Å²) in [5.74, 6) is -0.0400. The molecule has 1 aliphatic heterocycles. The standard InChI is InChI=1S/C17H25N3O2/c1-4-18-16(21)13-6-5-11(2)15(10-13)20-17(22)14-7-8-19-12(3)9-14/h5-6,10,12,14,19H,4,7-9H2,1-3H3,(H,18,21)(H,20,22)/t12-,14-/m0/s1. The van der Waals surface area contributed by atoms with Crippen molar-refractivity contribution in [3.8, 4) is 0 Å². The van der Waals surface area contributed by atoms with E-state index in [0.717, 1.165) is 30.6 Å². The summed E-state index contributed by atoms with van der Waals surface area (Å²) in [5, 5.41) is 9.11. The van der Waals surface area contributed by atoms with E-state index in [0.29, 0.717) is 18.2 Å². The Morgan fingerprint density at radius 3 is 2.82 bits per heavy atom. The molecule has 1 saturated heterocycles. The monoisotopic (exact) mass is 303 g/mol. The molecule has 1 heterocycles. The van der Waals surface area contributed by atoms with E-state index in [-0.39, 0.29) is 17.7 Å². The molecule has 1 aliphatic rings. The highest BCUT2D eigenvalue weighted by Crippen LogP contribution is 2.21. The van der Waals surface area contributed by atoms with Crippen LogP contribution in [0.5, 0.6) is 0 Å². The van der Waals surface area contributed by atoms with Crippen molar-refractivity contribution in [1.82, 2.24) is 10.6 Å². The van der Waals surface area contributed by atoms with Gasteiger partial charge in [-0.15, -0.1) is 0 Å². The lowest BCUT2D eigenvalue weighted by Gasteiger charge is -2.27. The number of piperidine rings is 1. The van der Waals surface area contributed by atoms with Crippen molar-refractivity contribution in [2.45, 2.75) is 39.7 Å². The largest absolute Gasteiger partial charge is 0.352 e. The van der Waals surface area contributed by atoms with E-state index >= 15 is 0 Å². The maximum Gasteiger partial charge on any atom is 0.251 e. The van der Waals surface area contributed by atoms with Crippen LogP contribution in [0.1, 0.15) is 42.6 Å². The highest BCUT2D eigenvalue weighted by molar-refractivity contribution is 5.98.